The summed E-state index contributed by atoms with van der Waals surface area (Å²) >= 11 is 0. The summed E-state index contributed by atoms with van der Waals surface area (Å²) < 4.78 is 1.76. The molecule has 0 unspecified atom stereocenters. The van der Waals surface area contributed by atoms with Crippen molar-refractivity contribution in [2.45, 2.75) is 26.2 Å². The molecule has 0 radical (unpaired) electrons. The van der Waals surface area contributed by atoms with Gasteiger partial charge in [-0.3, -0.25) is 9.59 Å². The van der Waals surface area contributed by atoms with Crippen molar-refractivity contribution in [2.75, 3.05) is 0 Å². The number of amides is 1. The van der Waals surface area contributed by atoms with E-state index in [4.69, 9.17) is 0 Å². The van der Waals surface area contributed by atoms with E-state index in [-0.39, 0.29) is 16.4 Å². The topological polar surface area (TPSA) is 63.5 Å². The zero-order chi connectivity index (χ0) is 19.6. The Morgan fingerprint density at radius 2 is 1.74 bits per heavy atom. The lowest BCUT2D eigenvalue weighted by Crippen LogP contribution is -2.26. The molecule has 1 N–H and O–H groups in total. The second-order valence-electron chi connectivity index (χ2n) is 7.57. The molecule has 138 valence electrons. The van der Waals surface area contributed by atoms with E-state index in [1.165, 1.54) is 11.8 Å². The van der Waals surface area contributed by atoms with E-state index in [9.17, 15) is 9.59 Å². The molecular weight excluding hydrogens is 338 g/mol. The van der Waals surface area contributed by atoms with Crippen LogP contribution < -0.4 is 10.9 Å². The van der Waals surface area contributed by atoms with E-state index in [2.05, 4.69) is 31.3 Å². The molecule has 1 amide bonds. The predicted octanol–water partition coefficient (Wildman–Crippen LogP) is 3.60. The Bertz CT molecular complexity index is 1070. The van der Waals surface area contributed by atoms with E-state index in [1.807, 2.05) is 36.4 Å². The Morgan fingerprint density at radius 3 is 2.41 bits per heavy atom. The first-order valence-corrected chi connectivity index (χ1v) is 8.80. The molecule has 0 bridgehead atoms. The Labute approximate surface area is 158 Å². The number of carbonyl (C=O) groups is 1. The van der Waals surface area contributed by atoms with Crippen LogP contribution in [0.25, 0.3) is 10.9 Å². The van der Waals surface area contributed by atoms with Crippen LogP contribution in [0.2, 0.25) is 0 Å². The number of hydrogen-bond donors (Lipinski definition) is 1. The molecular formula is C22H23N3O2. The molecule has 5 heteroatoms. The van der Waals surface area contributed by atoms with E-state index in [1.54, 1.807) is 30.0 Å². The SMILES string of the molecule is Cn1cc(C(=O)NN=Cc2ccc(C(C)(C)C)cc2)c(=O)c2ccccc21. The van der Waals surface area contributed by atoms with Crippen LogP contribution in [-0.2, 0) is 12.5 Å². The molecule has 1 aromatic heterocycles. The minimum Gasteiger partial charge on any atom is -0.350 e. The van der Waals surface area contributed by atoms with Crippen LogP contribution in [0.15, 0.2) is 64.6 Å². The van der Waals surface area contributed by atoms with E-state index < -0.39 is 5.91 Å². The maximum Gasteiger partial charge on any atom is 0.276 e. The van der Waals surface area contributed by atoms with Crippen LogP contribution in [0, 0.1) is 0 Å². The Hall–Kier alpha value is -3.21. The second-order valence-corrected chi connectivity index (χ2v) is 7.57. The van der Waals surface area contributed by atoms with Gasteiger partial charge in [-0.1, -0.05) is 57.2 Å². The quantitative estimate of drug-likeness (QED) is 0.572. The third kappa shape index (κ3) is 3.97. The lowest BCUT2D eigenvalue weighted by atomic mass is 9.87. The zero-order valence-electron chi connectivity index (χ0n) is 16.0. The standard InChI is InChI=1S/C22H23N3O2/c1-22(2,3)16-11-9-15(10-12-16)13-23-24-21(27)18-14-25(4)19-8-6-5-7-17(19)20(18)26/h5-14H,1-4H3,(H,24,27). The van der Waals surface area contributed by atoms with Gasteiger partial charge in [-0.25, -0.2) is 5.43 Å². The highest BCUT2D eigenvalue weighted by Gasteiger charge is 2.14. The number of fused-ring (bicyclic) bond motifs is 1. The highest BCUT2D eigenvalue weighted by Crippen LogP contribution is 2.21. The van der Waals surface area contributed by atoms with Crippen molar-refractivity contribution in [3.8, 4) is 0 Å². The fourth-order valence-electron chi connectivity index (χ4n) is 2.90. The lowest BCUT2D eigenvalue weighted by Gasteiger charge is -2.18. The summed E-state index contributed by atoms with van der Waals surface area (Å²) in [7, 11) is 1.80. The number of nitrogens with zero attached hydrogens (tertiary/aromatic N) is 2. The Kier molecular flexibility index (Phi) is 4.95. The van der Waals surface area contributed by atoms with Crippen LogP contribution in [0.4, 0.5) is 0 Å². The highest BCUT2D eigenvalue weighted by atomic mass is 16.2. The molecule has 0 spiro atoms. The van der Waals surface area contributed by atoms with Crippen LogP contribution in [-0.4, -0.2) is 16.7 Å². The lowest BCUT2D eigenvalue weighted by molar-refractivity contribution is 0.0953. The largest absolute Gasteiger partial charge is 0.350 e. The molecule has 1 heterocycles. The van der Waals surface area contributed by atoms with Gasteiger partial charge in [0.15, 0.2) is 0 Å². The molecule has 3 rings (SSSR count). The molecule has 0 atom stereocenters. The van der Waals surface area contributed by atoms with E-state index >= 15 is 0 Å². The van der Waals surface area contributed by atoms with Crippen LogP contribution in [0.5, 0.6) is 0 Å². The third-order valence-corrected chi connectivity index (χ3v) is 4.50. The van der Waals surface area contributed by atoms with Gasteiger partial charge >= 0.3 is 0 Å². The average Bonchev–Trinajstić information content (AvgIpc) is 2.64. The second kappa shape index (κ2) is 7.19. The zero-order valence-corrected chi connectivity index (χ0v) is 16.0. The van der Waals surface area contributed by atoms with Gasteiger partial charge in [-0.2, -0.15) is 5.10 Å². The average molecular weight is 361 g/mol. The minimum absolute atomic E-state index is 0.0661. The summed E-state index contributed by atoms with van der Waals surface area (Å²) in [5, 5.41) is 4.50. The van der Waals surface area contributed by atoms with Gasteiger partial charge in [-0.15, -0.1) is 0 Å². The van der Waals surface area contributed by atoms with E-state index in [0.717, 1.165) is 11.1 Å². The summed E-state index contributed by atoms with van der Waals surface area (Å²) in [6, 6.07) is 15.2. The number of hydrazone groups is 1. The number of benzene rings is 2. The number of aromatic nitrogens is 1. The van der Waals surface area contributed by atoms with Crippen molar-refractivity contribution >= 4 is 23.0 Å². The molecule has 5 nitrogen and oxygen atoms in total. The van der Waals surface area contributed by atoms with Gasteiger partial charge in [0, 0.05) is 18.6 Å². The minimum atomic E-state index is -0.524. The Morgan fingerprint density at radius 1 is 1.07 bits per heavy atom. The van der Waals surface area contributed by atoms with Crippen molar-refractivity contribution in [1.29, 1.82) is 0 Å². The van der Waals surface area contributed by atoms with Gasteiger partial charge in [-0.05, 0) is 28.7 Å². The van der Waals surface area contributed by atoms with Crippen LogP contribution >= 0.6 is 0 Å². The molecule has 0 aliphatic heterocycles. The number of aryl methyl sites for hydroxylation is 1. The normalized spacial score (nSPS) is 11.9. The first-order valence-electron chi connectivity index (χ1n) is 8.80. The number of rotatable bonds is 3. The molecule has 0 saturated heterocycles. The van der Waals surface area contributed by atoms with Gasteiger partial charge in [0.2, 0.25) is 5.43 Å². The van der Waals surface area contributed by atoms with Crippen molar-refractivity contribution in [3.05, 3.63) is 81.6 Å². The van der Waals surface area contributed by atoms with Crippen molar-refractivity contribution in [1.82, 2.24) is 9.99 Å². The first kappa shape index (κ1) is 18.6. The molecule has 0 fully saturated rings. The number of pyridine rings is 1. The molecule has 3 aromatic rings. The van der Waals surface area contributed by atoms with Gasteiger partial charge in [0.25, 0.3) is 5.91 Å². The first-order chi connectivity index (χ1) is 12.8. The maximum absolute atomic E-state index is 12.6. The fourth-order valence-corrected chi connectivity index (χ4v) is 2.90. The predicted molar refractivity (Wildman–Crippen MR) is 109 cm³/mol. The van der Waals surface area contributed by atoms with E-state index in [0.29, 0.717) is 5.39 Å². The number of hydrogen-bond acceptors (Lipinski definition) is 3. The van der Waals surface area contributed by atoms with Gasteiger partial charge in [0.1, 0.15) is 5.56 Å². The van der Waals surface area contributed by atoms with Crippen molar-refractivity contribution in [2.24, 2.45) is 12.1 Å². The van der Waals surface area contributed by atoms with Crippen molar-refractivity contribution in [3.63, 3.8) is 0 Å². The molecule has 0 saturated carbocycles. The number of para-hydroxylation sites is 1. The number of nitrogens with one attached hydrogen (secondary N) is 1. The highest BCUT2D eigenvalue weighted by molar-refractivity contribution is 5.97. The molecule has 2 aromatic carbocycles. The summed E-state index contributed by atoms with van der Waals surface area (Å²) in [6.07, 6.45) is 3.10. The summed E-state index contributed by atoms with van der Waals surface area (Å²) in [6.45, 7) is 6.46. The van der Waals surface area contributed by atoms with Crippen LogP contribution in [0.3, 0.4) is 0 Å². The monoisotopic (exact) mass is 361 g/mol. The summed E-state index contributed by atoms with van der Waals surface area (Å²) in [5.41, 5.74) is 5.17. The third-order valence-electron chi connectivity index (χ3n) is 4.50. The smallest absolute Gasteiger partial charge is 0.276 e. The summed E-state index contributed by atoms with van der Waals surface area (Å²) in [5.74, 6) is -0.524. The van der Waals surface area contributed by atoms with Gasteiger partial charge in [0.05, 0.1) is 11.7 Å². The number of carbonyl (C=O) groups excluding carboxylic acids is 1. The van der Waals surface area contributed by atoms with Gasteiger partial charge < -0.3 is 4.57 Å². The molecule has 0 aliphatic carbocycles. The van der Waals surface area contributed by atoms with Crippen molar-refractivity contribution < 1.29 is 4.79 Å². The molecule has 27 heavy (non-hydrogen) atoms. The van der Waals surface area contributed by atoms with Crippen LogP contribution in [0.1, 0.15) is 42.3 Å². The molecule has 0 aliphatic rings. The summed E-state index contributed by atoms with van der Waals surface area (Å²) in [4.78, 5) is 25.0. The fraction of sp³-hybridized carbons (Fsp3) is 0.227. The maximum atomic E-state index is 12.6. The Balaban J connectivity index is 1.78.